The zero-order valence-electron chi connectivity index (χ0n) is 20.7. The predicted molar refractivity (Wildman–Crippen MR) is 145 cm³/mol. The zero-order valence-corrected chi connectivity index (χ0v) is 23.1. The Kier molecular flexibility index (Phi) is 11.3. The van der Waals surface area contributed by atoms with Gasteiger partial charge in [-0.3, -0.25) is 14.4 Å². The number of ketones is 1. The average Bonchev–Trinajstić information content (AvgIpc) is 2.84. The van der Waals surface area contributed by atoms with E-state index in [2.05, 4.69) is 26.6 Å². The van der Waals surface area contributed by atoms with Crippen LogP contribution in [-0.4, -0.2) is 30.9 Å². The second-order valence-corrected chi connectivity index (χ2v) is 9.31. The van der Waals surface area contributed by atoms with Crippen molar-refractivity contribution in [2.45, 2.75) is 32.9 Å². The van der Waals surface area contributed by atoms with Gasteiger partial charge in [0.2, 0.25) is 0 Å². The fourth-order valence-electron chi connectivity index (χ4n) is 3.14. The van der Waals surface area contributed by atoms with E-state index < -0.39 is 18.4 Å². The molecule has 202 valence electrons. The van der Waals surface area contributed by atoms with Crippen molar-refractivity contribution in [1.29, 1.82) is 0 Å². The Hall–Kier alpha value is -3.37. The number of carbonyl (C=O) groups excluding carboxylic acids is 3. The molecule has 0 bridgehead atoms. The Balaban J connectivity index is 0.000000550. The maximum atomic E-state index is 12.8. The first-order valence-electron chi connectivity index (χ1n) is 11.2. The van der Waals surface area contributed by atoms with Crippen molar-refractivity contribution in [3.05, 3.63) is 86.8 Å². The van der Waals surface area contributed by atoms with Gasteiger partial charge in [-0.1, -0.05) is 40.5 Å². The molecule has 0 fully saturated rings. The van der Waals surface area contributed by atoms with Crippen molar-refractivity contribution >= 4 is 56.5 Å². The average molecular weight is 614 g/mol. The number of alkyl halides is 3. The van der Waals surface area contributed by atoms with Crippen molar-refractivity contribution in [2.75, 3.05) is 17.7 Å². The van der Waals surface area contributed by atoms with Crippen LogP contribution in [0.15, 0.2) is 65.1 Å². The number of hydrogen-bond donors (Lipinski definition) is 2. The lowest BCUT2D eigenvalue weighted by Crippen LogP contribution is -2.16. The summed E-state index contributed by atoms with van der Waals surface area (Å²) in [5.41, 5.74) is 2.79. The number of benzene rings is 3. The minimum absolute atomic E-state index is 0.298. The normalized spacial score (nSPS) is 10.6. The Morgan fingerprint density at radius 2 is 1.47 bits per heavy atom. The number of hydrogen-bond acceptors (Lipinski definition) is 4. The topological polar surface area (TPSA) is 84.5 Å². The van der Waals surface area contributed by atoms with Crippen LogP contribution < -0.4 is 15.4 Å². The summed E-state index contributed by atoms with van der Waals surface area (Å²) in [6.45, 7) is 2.91. The lowest BCUT2D eigenvalue weighted by atomic mass is 10.1. The highest BCUT2D eigenvalue weighted by Crippen LogP contribution is 2.26. The highest BCUT2D eigenvalue weighted by Gasteiger charge is 2.28. The van der Waals surface area contributed by atoms with E-state index in [1.807, 2.05) is 25.1 Å². The SMILES string of the molecule is CC(=O)CC(F)(F)F.CCc1ccc(Cl)c(C(=O)Nc2ccc(OC)c(C(=O)Nc3ccc(Br)cc3)c2)c1. The standard InChI is InChI=1S/C23H20BrClN2O3.C4H5F3O/c1-3-14-4-10-20(25)18(12-14)22(28)27-17-9-11-21(30-2)19(13-17)23(29)26-16-7-5-15(24)6-8-16;1-3(8)2-4(5,6)7/h4-13H,3H2,1-2H3,(H,26,29)(H,27,28);2H2,1H3. The molecule has 0 aromatic heterocycles. The highest BCUT2D eigenvalue weighted by molar-refractivity contribution is 9.10. The molecule has 0 heterocycles. The van der Waals surface area contributed by atoms with E-state index in [1.54, 1.807) is 42.5 Å². The van der Waals surface area contributed by atoms with Crippen molar-refractivity contribution < 1.29 is 32.3 Å². The van der Waals surface area contributed by atoms with E-state index in [0.717, 1.165) is 23.4 Å². The Bertz CT molecular complexity index is 1300. The smallest absolute Gasteiger partial charge is 0.395 e. The molecule has 0 unspecified atom stereocenters. The van der Waals surface area contributed by atoms with E-state index in [0.29, 0.717) is 33.3 Å². The Labute approximate surface area is 231 Å². The van der Waals surface area contributed by atoms with Gasteiger partial charge < -0.3 is 15.4 Å². The van der Waals surface area contributed by atoms with Gasteiger partial charge in [0.1, 0.15) is 18.0 Å². The zero-order chi connectivity index (χ0) is 28.5. The molecule has 2 amide bonds. The van der Waals surface area contributed by atoms with Crippen LogP contribution in [0, 0.1) is 0 Å². The molecule has 0 aliphatic rings. The molecule has 6 nitrogen and oxygen atoms in total. The van der Waals surface area contributed by atoms with Crippen LogP contribution in [0.5, 0.6) is 5.75 Å². The van der Waals surface area contributed by atoms with Crippen LogP contribution in [0.1, 0.15) is 46.5 Å². The molecular weight excluding hydrogens is 589 g/mol. The quantitative estimate of drug-likeness (QED) is 0.286. The minimum atomic E-state index is -4.33. The van der Waals surface area contributed by atoms with Crippen LogP contribution in [0.25, 0.3) is 0 Å². The largest absolute Gasteiger partial charge is 0.496 e. The summed E-state index contributed by atoms with van der Waals surface area (Å²) in [7, 11) is 1.49. The molecule has 11 heteroatoms. The van der Waals surface area contributed by atoms with Gasteiger partial charge in [-0.25, -0.2) is 0 Å². The van der Waals surface area contributed by atoms with Gasteiger partial charge in [-0.15, -0.1) is 0 Å². The Morgan fingerprint density at radius 1 is 0.895 bits per heavy atom. The predicted octanol–water partition coefficient (Wildman–Crippen LogP) is 7.71. The van der Waals surface area contributed by atoms with Crippen LogP contribution in [0.4, 0.5) is 24.5 Å². The number of anilines is 2. The fourth-order valence-corrected chi connectivity index (χ4v) is 3.61. The molecule has 3 aromatic carbocycles. The van der Waals surface area contributed by atoms with Gasteiger partial charge in [-0.2, -0.15) is 13.2 Å². The van der Waals surface area contributed by atoms with Crippen molar-refractivity contribution in [2.24, 2.45) is 0 Å². The third kappa shape index (κ3) is 9.83. The van der Waals surface area contributed by atoms with Crippen LogP contribution in [-0.2, 0) is 11.2 Å². The lowest BCUT2D eigenvalue weighted by molar-refractivity contribution is -0.150. The van der Waals surface area contributed by atoms with Crippen LogP contribution in [0.3, 0.4) is 0 Å². The van der Waals surface area contributed by atoms with Crippen molar-refractivity contribution in [3.8, 4) is 5.75 Å². The molecule has 3 rings (SSSR count). The highest BCUT2D eigenvalue weighted by atomic mass is 79.9. The molecule has 0 aliphatic heterocycles. The molecule has 0 saturated carbocycles. The van der Waals surface area contributed by atoms with Gasteiger partial charge in [-0.05, 0) is 73.5 Å². The third-order valence-corrected chi connectivity index (χ3v) is 5.80. The number of Topliss-reactive ketones (excluding diaryl/α,β-unsaturated/α-hetero) is 1. The number of ether oxygens (including phenoxy) is 1. The number of halogens is 5. The molecule has 3 aromatic rings. The van der Waals surface area contributed by atoms with Gasteiger partial charge in [0.05, 0.1) is 23.3 Å². The van der Waals surface area contributed by atoms with E-state index >= 15 is 0 Å². The van der Waals surface area contributed by atoms with Crippen LogP contribution in [0.2, 0.25) is 5.02 Å². The van der Waals surface area contributed by atoms with E-state index in [-0.39, 0.29) is 11.8 Å². The third-order valence-electron chi connectivity index (χ3n) is 4.94. The number of methoxy groups -OCH3 is 1. The van der Waals surface area contributed by atoms with Gasteiger partial charge in [0, 0.05) is 15.8 Å². The summed E-state index contributed by atoms with van der Waals surface area (Å²) in [6, 6.07) is 17.5. The molecule has 2 N–H and O–H groups in total. The summed E-state index contributed by atoms with van der Waals surface area (Å²) in [5.74, 6) is -1.15. The number of rotatable bonds is 7. The first-order valence-corrected chi connectivity index (χ1v) is 12.4. The van der Waals surface area contributed by atoms with Crippen molar-refractivity contribution in [3.63, 3.8) is 0 Å². The number of amides is 2. The second kappa shape index (κ2) is 14.0. The maximum absolute atomic E-state index is 12.8. The summed E-state index contributed by atoms with van der Waals surface area (Å²) >= 11 is 9.56. The first kappa shape index (κ1) is 30.9. The van der Waals surface area contributed by atoms with E-state index in [1.165, 1.54) is 7.11 Å². The summed E-state index contributed by atoms with van der Waals surface area (Å²) in [6.07, 6.45) is -4.85. The molecule has 0 spiro atoms. The molecule has 38 heavy (non-hydrogen) atoms. The van der Waals surface area contributed by atoms with Crippen LogP contribution >= 0.6 is 27.5 Å². The Morgan fingerprint density at radius 3 is 2.00 bits per heavy atom. The van der Waals surface area contributed by atoms with Gasteiger partial charge in [0.25, 0.3) is 11.8 Å². The number of aryl methyl sites for hydroxylation is 1. The minimum Gasteiger partial charge on any atom is -0.496 e. The van der Waals surface area contributed by atoms with Gasteiger partial charge >= 0.3 is 6.18 Å². The first-order chi connectivity index (χ1) is 17.8. The second-order valence-electron chi connectivity index (χ2n) is 7.99. The molecule has 0 aliphatic carbocycles. The summed E-state index contributed by atoms with van der Waals surface area (Å²) < 4.78 is 39.5. The van der Waals surface area contributed by atoms with E-state index in [4.69, 9.17) is 16.3 Å². The van der Waals surface area contributed by atoms with E-state index in [9.17, 15) is 27.6 Å². The fraction of sp³-hybridized carbons (Fsp3) is 0.222. The van der Waals surface area contributed by atoms with Crippen molar-refractivity contribution in [1.82, 2.24) is 0 Å². The lowest BCUT2D eigenvalue weighted by Gasteiger charge is -2.13. The maximum Gasteiger partial charge on any atom is 0.395 e. The summed E-state index contributed by atoms with van der Waals surface area (Å²) in [4.78, 5) is 35.3. The van der Waals surface area contributed by atoms with Gasteiger partial charge in [0.15, 0.2) is 0 Å². The number of carbonyl (C=O) groups is 3. The number of nitrogens with one attached hydrogen (secondary N) is 2. The summed E-state index contributed by atoms with van der Waals surface area (Å²) in [5, 5.41) is 5.99. The molecule has 0 atom stereocenters. The molecule has 0 saturated heterocycles. The molecular formula is C27H25BrClF3N2O4. The molecule has 0 radical (unpaired) electrons. The monoisotopic (exact) mass is 612 g/mol.